The van der Waals surface area contributed by atoms with E-state index < -0.39 is 86.3 Å². The number of halogens is 6. The zero-order chi connectivity index (χ0) is 51.7. The van der Waals surface area contributed by atoms with E-state index >= 15 is 0 Å². The van der Waals surface area contributed by atoms with Gasteiger partial charge in [-0.25, -0.2) is 0 Å². The normalized spacial score (nSPS) is 13.0. The maximum absolute atomic E-state index is 13.7. The summed E-state index contributed by atoms with van der Waals surface area (Å²) in [4.78, 5) is 86.4. The molecule has 2 rings (SSSR count). The number of anilines is 2. The number of carbonyl (C=O) groups excluding carboxylic acids is 6. The first-order chi connectivity index (χ1) is 31.9. The molecule has 0 saturated carbocycles. The number of aliphatic hydroxyl groups excluding tert-OH is 8. The fourth-order valence-corrected chi connectivity index (χ4v) is 16.3. The largest absolute Gasteiger partial charge is 0.394 e. The molecule has 0 saturated heterocycles. The predicted octanol–water partition coefficient (Wildman–Crippen LogP) is 1.84. The van der Waals surface area contributed by atoms with Crippen molar-refractivity contribution < 1.29 is 69.6 Å². The minimum Gasteiger partial charge on any atom is -0.394 e. The molecule has 382 valence electrons. The van der Waals surface area contributed by atoms with Crippen molar-refractivity contribution in [3.8, 4) is 0 Å². The van der Waals surface area contributed by atoms with E-state index in [4.69, 9.17) is 0 Å². The standard InChI is InChI=1S/C40H54I6N6O14S2/c1-49(9-19(57)13-53)37(63)25-29(41)26(38(64)50(2)10-20(58)14-54)32(44)35(31(25)43)47-23(61)17-67-7-5-6-8-68-18-24(62)48-36-33(45)27(39(65)51(3)11-21(59)15-55)30(42)28(34(36)46)40(66)52(4)12-22(60)16-56/h19-22,53-60H,5-18H2,1-4H3,(H,47,61)(H,48,62). The lowest BCUT2D eigenvalue weighted by Gasteiger charge is -2.26. The van der Waals surface area contributed by atoms with Crippen LogP contribution in [0.25, 0.3) is 0 Å². The van der Waals surface area contributed by atoms with Gasteiger partial charge in [0.15, 0.2) is 0 Å². The van der Waals surface area contributed by atoms with Crippen LogP contribution in [0.3, 0.4) is 0 Å². The van der Waals surface area contributed by atoms with Crippen LogP contribution >= 0.6 is 159 Å². The molecule has 10 N–H and O–H groups in total. The summed E-state index contributed by atoms with van der Waals surface area (Å²) in [5, 5.41) is 83.1. The molecule has 2 aromatic carbocycles. The summed E-state index contributed by atoms with van der Waals surface area (Å²) < 4.78 is 1.93. The Balaban J connectivity index is 2.17. The highest BCUT2D eigenvalue weighted by atomic mass is 127. The third-order valence-corrected chi connectivity index (χ3v) is 18.0. The lowest BCUT2D eigenvalue weighted by atomic mass is 10.1. The quantitative estimate of drug-likeness (QED) is 0.0451. The number of likely N-dealkylation sites (N-methyl/N-ethyl adjacent to an activating group) is 4. The molecular formula is C40H54I6N6O14S2. The van der Waals surface area contributed by atoms with Gasteiger partial charge < -0.3 is 71.1 Å². The van der Waals surface area contributed by atoms with Crippen LogP contribution in [-0.4, -0.2) is 224 Å². The minimum atomic E-state index is -1.21. The van der Waals surface area contributed by atoms with Crippen LogP contribution < -0.4 is 10.6 Å². The molecule has 0 heterocycles. The Bertz CT molecular complexity index is 1880. The van der Waals surface area contributed by atoms with Gasteiger partial charge >= 0.3 is 0 Å². The SMILES string of the molecule is CN(CC(O)CO)C(=O)c1c(I)c(NC(=O)CSCCCCSCC(=O)Nc2c(I)c(C(=O)N(C)CC(O)CO)c(I)c(C(=O)N(C)CC(O)CO)c2I)c(I)c(C(=O)N(C)CC(O)CO)c1I. The zero-order valence-electron chi connectivity index (χ0n) is 37.1. The zero-order valence-corrected chi connectivity index (χ0v) is 51.7. The van der Waals surface area contributed by atoms with Gasteiger partial charge in [-0.1, -0.05) is 0 Å². The van der Waals surface area contributed by atoms with E-state index in [0.717, 1.165) is 0 Å². The number of benzene rings is 2. The Hall–Kier alpha value is 0.0200. The molecule has 4 atom stereocenters. The lowest BCUT2D eigenvalue weighted by Crippen LogP contribution is -2.39. The number of unbranched alkanes of at least 4 members (excludes halogenated alkanes) is 1. The van der Waals surface area contributed by atoms with Crippen molar-refractivity contribution in [2.45, 2.75) is 37.3 Å². The van der Waals surface area contributed by atoms with E-state index in [2.05, 4.69) is 10.6 Å². The Labute approximate surface area is 484 Å². The number of thioether (sulfide) groups is 2. The Morgan fingerprint density at radius 1 is 0.441 bits per heavy atom. The van der Waals surface area contributed by atoms with E-state index in [9.17, 15) is 69.6 Å². The topological polar surface area (TPSA) is 301 Å². The molecule has 4 unspecified atom stereocenters. The van der Waals surface area contributed by atoms with Gasteiger partial charge in [0.25, 0.3) is 23.6 Å². The van der Waals surface area contributed by atoms with E-state index in [1.807, 2.05) is 136 Å². The van der Waals surface area contributed by atoms with Gasteiger partial charge in [-0.15, -0.1) is 0 Å². The first kappa shape index (κ1) is 64.1. The molecule has 0 bridgehead atoms. The first-order valence-corrected chi connectivity index (χ1v) is 29.0. The third-order valence-electron chi connectivity index (χ3n) is 9.48. The summed E-state index contributed by atoms with van der Waals surface area (Å²) in [7, 11) is 5.72. The molecule has 20 nitrogen and oxygen atoms in total. The summed E-state index contributed by atoms with van der Waals surface area (Å²) in [5.74, 6) is -1.85. The van der Waals surface area contributed by atoms with Crippen LogP contribution in [-0.2, 0) is 9.59 Å². The second-order valence-electron chi connectivity index (χ2n) is 15.1. The second kappa shape index (κ2) is 31.7. The molecule has 2 aromatic rings. The van der Waals surface area contributed by atoms with E-state index in [0.29, 0.717) is 38.6 Å². The lowest BCUT2D eigenvalue weighted by molar-refractivity contribution is -0.114. The number of nitrogens with zero attached hydrogens (tertiary/aromatic N) is 4. The number of carbonyl (C=O) groups is 6. The molecule has 6 amide bonds. The van der Waals surface area contributed by atoms with Crippen molar-refractivity contribution in [1.82, 2.24) is 19.6 Å². The number of nitrogens with one attached hydrogen (secondary N) is 2. The van der Waals surface area contributed by atoms with Gasteiger partial charge in [0.05, 0.1) is 110 Å². The van der Waals surface area contributed by atoms with Crippen molar-refractivity contribution in [1.29, 1.82) is 0 Å². The average Bonchev–Trinajstić information content (AvgIpc) is 3.29. The van der Waals surface area contributed by atoms with Gasteiger partial charge in [0, 0.05) is 61.5 Å². The highest BCUT2D eigenvalue weighted by Crippen LogP contribution is 2.39. The number of hydrogen-bond acceptors (Lipinski definition) is 16. The van der Waals surface area contributed by atoms with Crippen molar-refractivity contribution >= 4 is 206 Å². The van der Waals surface area contributed by atoms with Gasteiger partial charge in [0.1, 0.15) is 0 Å². The predicted molar refractivity (Wildman–Crippen MR) is 311 cm³/mol. The van der Waals surface area contributed by atoms with Crippen LogP contribution in [0.4, 0.5) is 11.4 Å². The van der Waals surface area contributed by atoms with Crippen molar-refractivity contribution in [3.63, 3.8) is 0 Å². The highest BCUT2D eigenvalue weighted by molar-refractivity contribution is 14.1. The molecule has 0 radical (unpaired) electrons. The Kier molecular flexibility index (Phi) is 29.9. The van der Waals surface area contributed by atoms with Crippen LogP contribution in [0, 0.1) is 21.4 Å². The maximum Gasteiger partial charge on any atom is 0.255 e. The van der Waals surface area contributed by atoms with Crippen LogP contribution in [0.15, 0.2) is 0 Å². The van der Waals surface area contributed by atoms with Gasteiger partial charge in [-0.3, -0.25) is 28.8 Å². The molecule has 0 aliphatic heterocycles. The van der Waals surface area contributed by atoms with Gasteiger partial charge in [0.2, 0.25) is 11.8 Å². The van der Waals surface area contributed by atoms with Crippen molar-refractivity contribution in [2.24, 2.45) is 0 Å². The summed E-state index contributed by atoms with van der Waals surface area (Å²) in [5.41, 5.74) is 0.817. The fraction of sp³-hybridized carbons (Fsp3) is 0.550. The second-order valence-corrected chi connectivity index (χ2v) is 23.8. The van der Waals surface area contributed by atoms with Crippen molar-refractivity contribution in [2.75, 3.05) is 114 Å². The van der Waals surface area contributed by atoms with Gasteiger partial charge in [-0.2, -0.15) is 23.5 Å². The van der Waals surface area contributed by atoms with E-state index in [-0.39, 0.29) is 78.5 Å². The van der Waals surface area contributed by atoms with Crippen LogP contribution in [0.5, 0.6) is 0 Å². The smallest absolute Gasteiger partial charge is 0.255 e. The first-order valence-electron chi connectivity index (χ1n) is 20.2. The number of hydrogen-bond donors (Lipinski definition) is 10. The van der Waals surface area contributed by atoms with E-state index in [1.165, 1.54) is 71.3 Å². The molecule has 0 fully saturated rings. The molecule has 0 aromatic heterocycles. The summed E-state index contributed by atoms with van der Waals surface area (Å²) in [6.45, 7) is -3.15. The summed E-state index contributed by atoms with van der Waals surface area (Å²) in [6.07, 6.45) is -3.47. The van der Waals surface area contributed by atoms with E-state index in [1.54, 1.807) is 0 Å². The molecular weight excluding hydrogens is 1610 g/mol. The van der Waals surface area contributed by atoms with Crippen molar-refractivity contribution in [3.05, 3.63) is 43.7 Å². The molecule has 0 aliphatic rings. The molecule has 28 heteroatoms. The Morgan fingerprint density at radius 2 is 0.662 bits per heavy atom. The molecule has 68 heavy (non-hydrogen) atoms. The van der Waals surface area contributed by atoms with Crippen LogP contribution in [0.1, 0.15) is 54.3 Å². The monoisotopic (exact) mass is 1670 g/mol. The molecule has 0 aliphatic carbocycles. The molecule has 0 spiro atoms. The average molecular weight is 1670 g/mol. The summed E-state index contributed by atoms with van der Waals surface area (Å²) >= 11 is 14.1. The number of aliphatic hydroxyl groups is 8. The number of amides is 6. The number of rotatable bonds is 27. The third kappa shape index (κ3) is 18.4. The minimum absolute atomic E-state index is 0.0311. The highest BCUT2D eigenvalue weighted by Gasteiger charge is 2.34. The van der Waals surface area contributed by atoms with Crippen LogP contribution in [0.2, 0.25) is 0 Å². The fourth-order valence-electron chi connectivity index (χ4n) is 5.98. The Morgan fingerprint density at radius 3 is 0.868 bits per heavy atom. The summed E-state index contributed by atoms with van der Waals surface area (Å²) in [6, 6.07) is 0. The van der Waals surface area contributed by atoms with Gasteiger partial charge in [-0.05, 0) is 160 Å². The maximum atomic E-state index is 13.7.